The number of rotatable bonds is 8. The maximum atomic E-state index is 14.5. The third kappa shape index (κ3) is 5.54. The van der Waals surface area contributed by atoms with Crippen molar-refractivity contribution in [2.45, 2.75) is 42.9 Å². The van der Waals surface area contributed by atoms with Crippen LogP contribution in [0.3, 0.4) is 0 Å². The summed E-state index contributed by atoms with van der Waals surface area (Å²) in [7, 11) is -5.79. The van der Waals surface area contributed by atoms with Gasteiger partial charge in [-0.3, -0.25) is 4.55 Å². The summed E-state index contributed by atoms with van der Waals surface area (Å²) in [5.74, 6) is -11.7. The summed E-state index contributed by atoms with van der Waals surface area (Å²) < 4.78 is 187. The van der Waals surface area contributed by atoms with Crippen molar-refractivity contribution in [1.82, 2.24) is 0 Å². The fourth-order valence-electron chi connectivity index (χ4n) is 4.14. The van der Waals surface area contributed by atoms with E-state index < -0.39 is 90.7 Å². The largest absolute Gasteiger partial charge is 0.494 e. The average Bonchev–Trinajstić information content (AvgIpc) is 2.85. The zero-order valence-electron chi connectivity index (χ0n) is 20.7. The molecule has 0 unspecified atom stereocenters. The van der Waals surface area contributed by atoms with E-state index in [4.69, 9.17) is 4.74 Å². The first-order chi connectivity index (χ1) is 18.8. The second kappa shape index (κ2) is 11.0. The number of hydrogen-bond donors (Lipinski definition) is 1. The fourth-order valence-corrected chi connectivity index (χ4v) is 4.78. The van der Waals surface area contributed by atoms with Crippen LogP contribution in [0.1, 0.15) is 30.5 Å². The van der Waals surface area contributed by atoms with Crippen LogP contribution in [0.4, 0.5) is 43.9 Å². The highest BCUT2D eigenvalue weighted by atomic mass is 32.2. The van der Waals surface area contributed by atoms with Gasteiger partial charge in [0.2, 0.25) is 22.8 Å². The quantitative estimate of drug-likeness (QED) is 0.159. The highest BCUT2D eigenvalue weighted by molar-refractivity contribution is 7.86. The standard InChI is InChI=1S/C25H18F10O5S/c1-3-15-18(26)20(28)22(21(29)19(15)27)40-16-10-7-13(11-17(16)41(36,37)38)23(24(30,31)32,25(33,34)35)12-5-8-14(9-6-12)39-4-2/h5-11H,3-4H2,1-2H3,(H,36,37,38). The van der Waals surface area contributed by atoms with Gasteiger partial charge in [0.05, 0.1) is 6.61 Å². The van der Waals surface area contributed by atoms with E-state index in [1.807, 2.05) is 0 Å². The van der Waals surface area contributed by atoms with Crippen LogP contribution in [-0.2, 0) is 22.0 Å². The number of ether oxygens (including phenoxy) is 2. The Labute approximate surface area is 226 Å². The van der Waals surface area contributed by atoms with Crippen molar-refractivity contribution in [3.05, 3.63) is 82.4 Å². The predicted octanol–water partition coefficient (Wildman–Crippen LogP) is 7.65. The molecule has 41 heavy (non-hydrogen) atoms. The van der Waals surface area contributed by atoms with E-state index in [1.165, 1.54) is 6.92 Å². The summed E-state index contributed by atoms with van der Waals surface area (Å²) in [6.07, 6.45) is -12.9. The summed E-state index contributed by atoms with van der Waals surface area (Å²) in [6, 6.07) is 2.41. The van der Waals surface area contributed by atoms with Gasteiger partial charge in [-0.15, -0.1) is 0 Å². The SMILES string of the molecule is CCOc1ccc(C(c2ccc(Oc3c(F)c(F)c(CC)c(F)c3F)c(S(=O)(=O)O)c2)(C(F)(F)F)C(F)(F)F)cc1. The molecular weight excluding hydrogens is 602 g/mol. The Morgan fingerprint density at radius 2 is 1.24 bits per heavy atom. The molecule has 0 aliphatic carbocycles. The van der Waals surface area contributed by atoms with Gasteiger partial charge in [-0.05, 0) is 48.7 Å². The fraction of sp³-hybridized carbons (Fsp3) is 0.280. The Kier molecular flexibility index (Phi) is 8.61. The molecule has 0 fully saturated rings. The lowest BCUT2D eigenvalue weighted by Crippen LogP contribution is -2.54. The van der Waals surface area contributed by atoms with Gasteiger partial charge in [-0.25, -0.2) is 8.78 Å². The van der Waals surface area contributed by atoms with Gasteiger partial charge in [0.1, 0.15) is 16.4 Å². The number of benzene rings is 3. The first-order valence-corrected chi connectivity index (χ1v) is 12.8. The van der Waals surface area contributed by atoms with Crippen molar-refractivity contribution in [1.29, 1.82) is 0 Å². The van der Waals surface area contributed by atoms with Crippen molar-refractivity contribution in [3.8, 4) is 17.2 Å². The van der Waals surface area contributed by atoms with Gasteiger partial charge in [-0.1, -0.05) is 25.1 Å². The molecule has 0 radical (unpaired) electrons. The first-order valence-electron chi connectivity index (χ1n) is 11.3. The normalized spacial score (nSPS) is 12.9. The molecule has 224 valence electrons. The van der Waals surface area contributed by atoms with Crippen LogP contribution in [0.15, 0.2) is 47.4 Å². The van der Waals surface area contributed by atoms with Crippen LogP contribution in [0.5, 0.6) is 17.2 Å². The minimum Gasteiger partial charge on any atom is -0.494 e. The molecule has 5 nitrogen and oxygen atoms in total. The smallest absolute Gasteiger partial charge is 0.411 e. The molecular formula is C25H18F10O5S. The Hall–Kier alpha value is -3.53. The van der Waals surface area contributed by atoms with Crippen molar-refractivity contribution in [3.63, 3.8) is 0 Å². The zero-order valence-corrected chi connectivity index (χ0v) is 21.5. The number of halogens is 10. The average molecular weight is 620 g/mol. The molecule has 0 aliphatic rings. The van der Waals surface area contributed by atoms with Crippen LogP contribution in [0.25, 0.3) is 0 Å². The van der Waals surface area contributed by atoms with Crippen LogP contribution in [0.2, 0.25) is 0 Å². The molecule has 3 aromatic rings. The summed E-state index contributed by atoms with van der Waals surface area (Å²) >= 11 is 0. The molecule has 0 amide bonds. The molecule has 0 bridgehead atoms. The van der Waals surface area contributed by atoms with E-state index in [9.17, 15) is 56.9 Å². The maximum Gasteiger partial charge on any atom is 0.411 e. The van der Waals surface area contributed by atoms with Crippen LogP contribution >= 0.6 is 0 Å². The third-order valence-electron chi connectivity index (χ3n) is 5.98. The van der Waals surface area contributed by atoms with E-state index in [0.717, 1.165) is 19.1 Å². The zero-order chi connectivity index (χ0) is 31.1. The van der Waals surface area contributed by atoms with Gasteiger partial charge in [0.25, 0.3) is 10.1 Å². The maximum absolute atomic E-state index is 14.5. The second-order valence-electron chi connectivity index (χ2n) is 8.36. The number of hydrogen-bond acceptors (Lipinski definition) is 4. The van der Waals surface area contributed by atoms with Gasteiger partial charge in [0, 0.05) is 5.56 Å². The van der Waals surface area contributed by atoms with Crippen LogP contribution < -0.4 is 9.47 Å². The highest BCUT2D eigenvalue weighted by Gasteiger charge is 2.72. The summed E-state index contributed by atoms with van der Waals surface area (Å²) in [6.45, 7) is 2.66. The Bertz CT molecular complexity index is 1510. The van der Waals surface area contributed by atoms with Crippen LogP contribution in [0, 0.1) is 23.3 Å². The van der Waals surface area contributed by atoms with E-state index in [1.54, 1.807) is 0 Å². The number of alkyl halides is 6. The molecule has 3 aromatic carbocycles. The molecule has 0 heterocycles. The lowest BCUT2D eigenvalue weighted by atomic mass is 9.73. The predicted molar refractivity (Wildman–Crippen MR) is 122 cm³/mol. The van der Waals surface area contributed by atoms with Crippen molar-refractivity contribution in [2.75, 3.05) is 6.61 Å². The Balaban J connectivity index is 2.35. The topological polar surface area (TPSA) is 72.8 Å². The lowest BCUT2D eigenvalue weighted by Gasteiger charge is -2.38. The first kappa shape index (κ1) is 32.0. The van der Waals surface area contributed by atoms with Crippen LogP contribution in [-0.4, -0.2) is 31.9 Å². The minimum atomic E-state index is -6.20. The van der Waals surface area contributed by atoms with E-state index in [2.05, 4.69) is 4.74 Å². The molecule has 1 N–H and O–H groups in total. The lowest BCUT2D eigenvalue weighted by molar-refractivity contribution is -0.288. The molecule has 0 saturated carbocycles. The molecule has 16 heteroatoms. The monoisotopic (exact) mass is 620 g/mol. The third-order valence-corrected chi connectivity index (χ3v) is 6.86. The molecule has 0 atom stereocenters. The van der Waals surface area contributed by atoms with Gasteiger partial charge >= 0.3 is 12.4 Å². The van der Waals surface area contributed by atoms with Crippen molar-refractivity contribution < 1.29 is 66.3 Å². The van der Waals surface area contributed by atoms with Crippen molar-refractivity contribution in [2.24, 2.45) is 0 Å². The van der Waals surface area contributed by atoms with E-state index >= 15 is 0 Å². The summed E-state index contributed by atoms with van der Waals surface area (Å²) in [5.41, 5.74) is -9.22. The Morgan fingerprint density at radius 1 is 0.756 bits per heavy atom. The summed E-state index contributed by atoms with van der Waals surface area (Å²) in [4.78, 5) is -1.82. The van der Waals surface area contributed by atoms with E-state index in [-0.39, 0.29) is 30.6 Å². The van der Waals surface area contributed by atoms with Gasteiger partial charge in [-0.2, -0.15) is 43.5 Å². The highest BCUT2D eigenvalue weighted by Crippen LogP contribution is 2.57. The van der Waals surface area contributed by atoms with Crippen molar-refractivity contribution >= 4 is 10.1 Å². The molecule has 3 rings (SSSR count). The van der Waals surface area contributed by atoms with E-state index in [0.29, 0.717) is 12.1 Å². The van der Waals surface area contributed by atoms with Gasteiger partial charge in [0.15, 0.2) is 11.6 Å². The molecule has 0 saturated heterocycles. The molecule has 0 aliphatic heterocycles. The van der Waals surface area contributed by atoms with Gasteiger partial charge < -0.3 is 9.47 Å². The second-order valence-corrected chi connectivity index (χ2v) is 9.75. The molecule has 0 aromatic heterocycles. The molecule has 0 spiro atoms. The minimum absolute atomic E-state index is 0.0262. The Morgan fingerprint density at radius 3 is 1.66 bits per heavy atom. The summed E-state index contributed by atoms with van der Waals surface area (Å²) in [5, 5.41) is 0.